The summed E-state index contributed by atoms with van der Waals surface area (Å²) in [5.41, 5.74) is 2.24. The summed E-state index contributed by atoms with van der Waals surface area (Å²) in [6.45, 7) is 0.329. The molecule has 0 aliphatic rings. The molecule has 18 heavy (non-hydrogen) atoms. The average molecular weight is 281 g/mol. The van der Waals surface area contributed by atoms with Crippen molar-refractivity contribution in [3.8, 4) is 0 Å². The van der Waals surface area contributed by atoms with Crippen molar-refractivity contribution < 1.29 is 17.6 Å². The molecule has 1 aromatic carbocycles. The minimum absolute atomic E-state index is 0.00651. The number of halogens is 4. The van der Waals surface area contributed by atoms with Gasteiger partial charge in [0.1, 0.15) is 5.82 Å². The summed E-state index contributed by atoms with van der Waals surface area (Å²) >= 11 is -0.0253. The van der Waals surface area contributed by atoms with Gasteiger partial charge in [0.2, 0.25) is 0 Å². The second-order valence-corrected chi connectivity index (χ2v) is 5.18. The number of hydrogen-bond acceptors (Lipinski definition) is 2. The Hall–Kier alpha value is -0.750. The molecule has 0 saturated carbocycles. The number of alkyl halides is 3. The third-order valence-electron chi connectivity index (χ3n) is 2.56. The third kappa shape index (κ3) is 6.26. The van der Waals surface area contributed by atoms with Crippen molar-refractivity contribution in [1.82, 2.24) is 0 Å². The molecular formula is C12H15F4NS. The van der Waals surface area contributed by atoms with E-state index in [2.05, 4.69) is 0 Å². The van der Waals surface area contributed by atoms with Gasteiger partial charge in [0.05, 0.1) is 0 Å². The first-order valence-corrected chi connectivity index (χ1v) is 6.54. The van der Waals surface area contributed by atoms with Gasteiger partial charge in [0, 0.05) is 5.75 Å². The van der Waals surface area contributed by atoms with Crippen LogP contribution < -0.4 is 5.73 Å². The molecule has 1 atom stereocenters. The molecule has 0 fully saturated rings. The Balaban J connectivity index is 2.40. The Kier molecular flexibility index (Phi) is 5.95. The minimum atomic E-state index is -4.19. The van der Waals surface area contributed by atoms with E-state index in [1.165, 1.54) is 12.1 Å². The van der Waals surface area contributed by atoms with Gasteiger partial charge in [-0.3, -0.25) is 0 Å². The highest BCUT2D eigenvalue weighted by atomic mass is 32.2. The zero-order valence-electron chi connectivity index (χ0n) is 9.71. The molecule has 1 nitrogen and oxygen atoms in total. The van der Waals surface area contributed by atoms with Gasteiger partial charge in [0.15, 0.2) is 0 Å². The van der Waals surface area contributed by atoms with E-state index < -0.39 is 5.51 Å². The molecule has 0 radical (unpaired) electrons. The van der Waals surface area contributed by atoms with Crippen LogP contribution >= 0.6 is 11.8 Å². The summed E-state index contributed by atoms with van der Waals surface area (Å²) in [6, 6.07) is 5.95. The molecule has 0 aromatic heterocycles. The van der Waals surface area contributed by atoms with Crippen LogP contribution in [-0.4, -0.2) is 17.8 Å². The standard InChI is InChI=1S/C12H15F4NS/c13-11-3-1-9(2-4-11)7-10(8-17)5-6-18-12(14,15)16/h1-4,10H,5-8,17H2. The van der Waals surface area contributed by atoms with E-state index in [1.54, 1.807) is 12.1 Å². The fourth-order valence-electron chi connectivity index (χ4n) is 1.60. The normalized spacial score (nSPS) is 13.6. The van der Waals surface area contributed by atoms with E-state index in [1.807, 2.05) is 0 Å². The van der Waals surface area contributed by atoms with Crippen LogP contribution in [0.5, 0.6) is 0 Å². The van der Waals surface area contributed by atoms with Gasteiger partial charge >= 0.3 is 5.51 Å². The predicted octanol–water partition coefficient (Wildman–Crippen LogP) is 3.59. The van der Waals surface area contributed by atoms with Crippen LogP contribution in [0.1, 0.15) is 12.0 Å². The van der Waals surface area contributed by atoms with Crippen molar-refractivity contribution in [3.63, 3.8) is 0 Å². The summed E-state index contributed by atoms with van der Waals surface area (Å²) in [4.78, 5) is 0. The fraction of sp³-hybridized carbons (Fsp3) is 0.500. The molecule has 0 heterocycles. The number of nitrogens with two attached hydrogens (primary N) is 1. The number of thioether (sulfide) groups is 1. The van der Waals surface area contributed by atoms with Gasteiger partial charge in [-0.1, -0.05) is 23.9 Å². The third-order valence-corrected chi connectivity index (χ3v) is 3.33. The summed E-state index contributed by atoms with van der Waals surface area (Å²) in [7, 11) is 0. The maximum atomic E-state index is 12.7. The van der Waals surface area contributed by atoms with E-state index in [9.17, 15) is 17.6 Å². The highest BCUT2D eigenvalue weighted by Crippen LogP contribution is 2.31. The maximum Gasteiger partial charge on any atom is 0.441 e. The molecule has 0 saturated heterocycles. The Morgan fingerprint density at radius 3 is 2.28 bits per heavy atom. The van der Waals surface area contributed by atoms with Crippen LogP contribution in [0.15, 0.2) is 24.3 Å². The van der Waals surface area contributed by atoms with Crippen molar-refractivity contribution in [2.24, 2.45) is 11.7 Å². The van der Waals surface area contributed by atoms with Gasteiger partial charge in [-0.15, -0.1) is 0 Å². The van der Waals surface area contributed by atoms with Crippen LogP contribution in [-0.2, 0) is 6.42 Å². The summed E-state index contributed by atoms with van der Waals surface area (Å²) < 4.78 is 48.6. The van der Waals surface area contributed by atoms with Crippen LogP contribution in [0.4, 0.5) is 17.6 Å². The highest BCUT2D eigenvalue weighted by Gasteiger charge is 2.27. The molecule has 0 amide bonds. The zero-order valence-corrected chi connectivity index (χ0v) is 10.5. The number of hydrogen-bond donors (Lipinski definition) is 1. The highest BCUT2D eigenvalue weighted by molar-refractivity contribution is 8.00. The quantitative estimate of drug-likeness (QED) is 0.806. The van der Waals surface area contributed by atoms with Gasteiger partial charge in [-0.2, -0.15) is 13.2 Å². The Morgan fingerprint density at radius 2 is 1.78 bits per heavy atom. The largest absolute Gasteiger partial charge is 0.441 e. The summed E-state index contributed by atoms with van der Waals surface area (Å²) in [5, 5.41) is 0. The molecule has 0 spiro atoms. The molecule has 2 N–H and O–H groups in total. The zero-order chi connectivity index (χ0) is 13.6. The average Bonchev–Trinajstić information content (AvgIpc) is 2.29. The SMILES string of the molecule is NCC(CCSC(F)(F)F)Cc1ccc(F)cc1. The maximum absolute atomic E-state index is 12.7. The monoisotopic (exact) mass is 281 g/mol. The fourth-order valence-corrected chi connectivity index (χ4v) is 2.28. The molecule has 0 aliphatic carbocycles. The lowest BCUT2D eigenvalue weighted by atomic mass is 9.97. The molecule has 6 heteroatoms. The topological polar surface area (TPSA) is 26.0 Å². The Morgan fingerprint density at radius 1 is 1.17 bits per heavy atom. The Bertz CT molecular complexity index is 350. The number of rotatable bonds is 6. The molecule has 1 rings (SSSR count). The molecule has 102 valence electrons. The first kappa shape index (κ1) is 15.3. The van der Waals surface area contributed by atoms with Crippen LogP contribution in [0.2, 0.25) is 0 Å². The van der Waals surface area contributed by atoms with E-state index in [-0.39, 0.29) is 29.2 Å². The minimum Gasteiger partial charge on any atom is -0.330 e. The molecule has 1 unspecified atom stereocenters. The van der Waals surface area contributed by atoms with Crippen molar-refractivity contribution >= 4 is 11.8 Å². The van der Waals surface area contributed by atoms with Crippen molar-refractivity contribution in [2.75, 3.05) is 12.3 Å². The van der Waals surface area contributed by atoms with Crippen LogP contribution in [0.3, 0.4) is 0 Å². The van der Waals surface area contributed by atoms with Gasteiger partial charge in [-0.05, 0) is 43.0 Å². The first-order chi connectivity index (χ1) is 8.40. The predicted molar refractivity (Wildman–Crippen MR) is 65.8 cm³/mol. The van der Waals surface area contributed by atoms with Gasteiger partial charge in [0.25, 0.3) is 0 Å². The van der Waals surface area contributed by atoms with Crippen LogP contribution in [0.25, 0.3) is 0 Å². The summed E-state index contributed by atoms with van der Waals surface area (Å²) in [6.07, 6.45) is 0.979. The molecule has 0 aliphatic heterocycles. The van der Waals surface area contributed by atoms with Gasteiger partial charge < -0.3 is 5.73 Å². The molecule has 1 aromatic rings. The van der Waals surface area contributed by atoms with E-state index in [0.717, 1.165) is 5.56 Å². The van der Waals surface area contributed by atoms with E-state index in [0.29, 0.717) is 19.4 Å². The molecular weight excluding hydrogens is 266 g/mol. The lowest BCUT2D eigenvalue weighted by Gasteiger charge is -2.15. The van der Waals surface area contributed by atoms with E-state index in [4.69, 9.17) is 5.73 Å². The first-order valence-electron chi connectivity index (χ1n) is 5.56. The second-order valence-electron chi connectivity index (χ2n) is 4.02. The number of benzene rings is 1. The van der Waals surface area contributed by atoms with Crippen molar-refractivity contribution in [1.29, 1.82) is 0 Å². The van der Waals surface area contributed by atoms with E-state index >= 15 is 0 Å². The van der Waals surface area contributed by atoms with Gasteiger partial charge in [-0.25, -0.2) is 4.39 Å². The van der Waals surface area contributed by atoms with Crippen molar-refractivity contribution in [3.05, 3.63) is 35.6 Å². The summed E-state index contributed by atoms with van der Waals surface area (Å²) in [5.74, 6) is -0.326. The lowest BCUT2D eigenvalue weighted by Crippen LogP contribution is -2.18. The Labute approximate surface area is 108 Å². The smallest absolute Gasteiger partial charge is 0.330 e. The molecule has 0 bridgehead atoms. The second kappa shape index (κ2) is 6.99. The van der Waals surface area contributed by atoms with Crippen LogP contribution in [0, 0.1) is 11.7 Å². The van der Waals surface area contributed by atoms with Crippen molar-refractivity contribution in [2.45, 2.75) is 18.3 Å². The lowest BCUT2D eigenvalue weighted by molar-refractivity contribution is -0.0328.